The second kappa shape index (κ2) is 8.14. The molecule has 7 nitrogen and oxygen atoms in total. The Balaban J connectivity index is 1.80. The Morgan fingerprint density at radius 1 is 1.00 bits per heavy atom. The molecule has 2 heterocycles. The van der Waals surface area contributed by atoms with Crippen LogP contribution in [0.2, 0.25) is 10.0 Å². The van der Waals surface area contributed by atoms with E-state index in [0.29, 0.717) is 48.2 Å². The average molecular weight is 464 g/mol. The Kier molecular flexibility index (Phi) is 5.55. The fourth-order valence-corrected chi connectivity index (χ4v) is 4.13. The van der Waals surface area contributed by atoms with Crippen LogP contribution in [0.15, 0.2) is 35.1 Å². The van der Waals surface area contributed by atoms with Gasteiger partial charge in [-0.05, 0) is 35.9 Å². The highest BCUT2D eigenvalue weighted by Gasteiger charge is 2.18. The molecule has 0 fully saturated rings. The van der Waals surface area contributed by atoms with E-state index in [1.165, 1.54) is 37.2 Å². The lowest BCUT2D eigenvalue weighted by molar-refractivity contribution is 0.324. The van der Waals surface area contributed by atoms with Crippen molar-refractivity contribution in [1.29, 1.82) is 0 Å². The number of rotatable bonds is 5. The summed E-state index contributed by atoms with van der Waals surface area (Å²) in [7, 11) is 4.59. The van der Waals surface area contributed by atoms with Crippen LogP contribution in [0.1, 0.15) is 5.56 Å². The van der Waals surface area contributed by atoms with Gasteiger partial charge in [0.1, 0.15) is 0 Å². The summed E-state index contributed by atoms with van der Waals surface area (Å²) in [5, 5.41) is 5.24. The second-order valence-corrected chi connectivity index (χ2v) is 7.96. The molecule has 0 bridgehead atoms. The van der Waals surface area contributed by atoms with E-state index < -0.39 is 0 Å². The maximum absolute atomic E-state index is 12.8. The number of hydrogen-bond acceptors (Lipinski definition) is 7. The topological polar surface area (TPSA) is 75.0 Å². The van der Waals surface area contributed by atoms with Crippen molar-refractivity contribution in [3.63, 3.8) is 0 Å². The van der Waals surface area contributed by atoms with Crippen molar-refractivity contribution in [3.8, 4) is 28.6 Å². The number of benzene rings is 2. The summed E-state index contributed by atoms with van der Waals surface area (Å²) in [5.74, 6) is 1.79. The van der Waals surface area contributed by atoms with Crippen molar-refractivity contribution in [2.24, 2.45) is 0 Å². The van der Waals surface area contributed by atoms with Gasteiger partial charge < -0.3 is 14.2 Å². The highest BCUT2D eigenvalue weighted by molar-refractivity contribution is 7.15. The first kappa shape index (κ1) is 20.5. The maximum atomic E-state index is 12.8. The minimum Gasteiger partial charge on any atom is -0.493 e. The van der Waals surface area contributed by atoms with Crippen molar-refractivity contribution in [1.82, 2.24) is 14.6 Å². The van der Waals surface area contributed by atoms with E-state index in [1.54, 1.807) is 36.4 Å². The van der Waals surface area contributed by atoms with Gasteiger partial charge in [-0.3, -0.25) is 4.79 Å². The van der Waals surface area contributed by atoms with Crippen LogP contribution in [0.3, 0.4) is 0 Å². The minimum absolute atomic E-state index is 0.271. The first-order valence-electron chi connectivity index (χ1n) is 8.62. The lowest BCUT2D eigenvalue weighted by atomic mass is 10.1. The number of halogens is 2. The Morgan fingerprint density at radius 3 is 2.27 bits per heavy atom. The van der Waals surface area contributed by atoms with Crippen molar-refractivity contribution in [2.45, 2.75) is 0 Å². The zero-order chi connectivity index (χ0) is 21.4. The molecule has 0 saturated carbocycles. The SMILES string of the molecule is COc1cc(-c2nc3s/c(=C\c4ccc(Cl)c(Cl)c4)c(=O)n3n2)cc(OC)c1OC. The highest BCUT2D eigenvalue weighted by Crippen LogP contribution is 2.40. The molecule has 4 rings (SSSR count). The van der Waals surface area contributed by atoms with E-state index in [2.05, 4.69) is 10.1 Å². The second-order valence-electron chi connectivity index (χ2n) is 6.13. The van der Waals surface area contributed by atoms with E-state index in [4.69, 9.17) is 37.4 Å². The molecule has 4 aromatic rings. The molecule has 0 radical (unpaired) electrons. The molecule has 30 heavy (non-hydrogen) atoms. The van der Waals surface area contributed by atoms with Crippen molar-refractivity contribution in [2.75, 3.05) is 21.3 Å². The van der Waals surface area contributed by atoms with Crippen LogP contribution in [-0.4, -0.2) is 35.9 Å². The van der Waals surface area contributed by atoms with E-state index in [1.807, 2.05) is 0 Å². The number of nitrogens with zero attached hydrogens (tertiary/aromatic N) is 3. The van der Waals surface area contributed by atoms with Crippen LogP contribution in [0.5, 0.6) is 17.2 Å². The third-order valence-corrected chi connectivity index (χ3v) is 6.04. The molecule has 10 heteroatoms. The molecule has 0 N–H and O–H groups in total. The number of fused-ring (bicyclic) bond motifs is 1. The smallest absolute Gasteiger partial charge is 0.291 e. The van der Waals surface area contributed by atoms with Gasteiger partial charge in [-0.15, -0.1) is 5.10 Å². The van der Waals surface area contributed by atoms with Crippen LogP contribution in [0.4, 0.5) is 0 Å². The van der Waals surface area contributed by atoms with Gasteiger partial charge in [-0.25, -0.2) is 0 Å². The largest absolute Gasteiger partial charge is 0.493 e. The third-order valence-electron chi connectivity index (χ3n) is 4.35. The summed E-state index contributed by atoms with van der Waals surface area (Å²) >= 11 is 13.2. The standard InChI is InChI=1S/C20H15Cl2N3O4S/c1-27-14-8-11(9-15(28-2)17(14)29-3)18-23-20-25(24-18)19(26)16(30-20)7-10-4-5-12(21)13(22)6-10/h4-9H,1-3H3/b16-7-. The fraction of sp³-hybridized carbons (Fsp3) is 0.150. The van der Waals surface area contributed by atoms with Gasteiger partial charge in [0, 0.05) is 5.56 Å². The van der Waals surface area contributed by atoms with Gasteiger partial charge in [0.05, 0.1) is 35.9 Å². The molecule has 2 aromatic heterocycles. The van der Waals surface area contributed by atoms with Gasteiger partial charge in [0.15, 0.2) is 17.3 Å². The van der Waals surface area contributed by atoms with Crippen LogP contribution >= 0.6 is 34.5 Å². The van der Waals surface area contributed by atoms with Crippen LogP contribution in [0.25, 0.3) is 22.4 Å². The van der Waals surface area contributed by atoms with Crippen molar-refractivity contribution < 1.29 is 14.2 Å². The quantitative estimate of drug-likeness (QED) is 0.449. The summed E-state index contributed by atoms with van der Waals surface area (Å²) in [4.78, 5) is 17.8. The minimum atomic E-state index is -0.271. The molecule has 0 amide bonds. The predicted octanol–water partition coefficient (Wildman–Crippen LogP) is 3.70. The monoisotopic (exact) mass is 463 g/mol. The molecule has 0 aliphatic heterocycles. The Hall–Kier alpha value is -2.81. The fourth-order valence-electron chi connectivity index (χ4n) is 2.92. The van der Waals surface area contributed by atoms with E-state index in [9.17, 15) is 4.79 Å². The van der Waals surface area contributed by atoms with E-state index in [0.717, 1.165) is 5.56 Å². The molecule has 0 unspecified atom stereocenters. The van der Waals surface area contributed by atoms with Gasteiger partial charge in [0.25, 0.3) is 5.56 Å². The average Bonchev–Trinajstić information content (AvgIpc) is 3.29. The Morgan fingerprint density at radius 2 is 1.70 bits per heavy atom. The predicted molar refractivity (Wildman–Crippen MR) is 117 cm³/mol. The summed E-state index contributed by atoms with van der Waals surface area (Å²) in [6.07, 6.45) is 1.73. The maximum Gasteiger partial charge on any atom is 0.291 e. The van der Waals surface area contributed by atoms with Gasteiger partial charge in [-0.2, -0.15) is 9.50 Å². The lowest BCUT2D eigenvalue weighted by Crippen LogP contribution is -2.23. The number of thiazole rings is 1. The number of aromatic nitrogens is 3. The number of ether oxygens (including phenoxy) is 3. The van der Waals surface area contributed by atoms with Gasteiger partial charge >= 0.3 is 0 Å². The summed E-state index contributed by atoms with van der Waals surface area (Å²) in [6.45, 7) is 0. The third kappa shape index (κ3) is 3.58. The molecular formula is C20H15Cl2N3O4S. The zero-order valence-electron chi connectivity index (χ0n) is 16.1. The molecular weight excluding hydrogens is 449 g/mol. The summed E-state index contributed by atoms with van der Waals surface area (Å²) in [6, 6.07) is 8.62. The van der Waals surface area contributed by atoms with E-state index >= 15 is 0 Å². The van der Waals surface area contributed by atoms with E-state index in [-0.39, 0.29) is 5.56 Å². The summed E-state index contributed by atoms with van der Waals surface area (Å²) in [5.41, 5.74) is 1.12. The molecule has 0 atom stereocenters. The number of hydrogen-bond donors (Lipinski definition) is 0. The first-order valence-corrected chi connectivity index (χ1v) is 10.2. The van der Waals surface area contributed by atoms with Gasteiger partial charge in [0.2, 0.25) is 10.7 Å². The van der Waals surface area contributed by atoms with Crippen molar-refractivity contribution >= 4 is 45.6 Å². The molecule has 0 aliphatic rings. The molecule has 154 valence electrons. The Labute approximate surface area is 185 Å². The molecule has 0 saturated heterocycles. The zero-order valence-corrected chi connectivity index (χ0v) is 18.4. The first-order chi connectivity index (χ1) is 14.4. The van der Waals surface area contributed by atoms with Crippen LogP contribution < -0.4 is 24.3 Å². The lowest BCUT2D eigenvalue weighted by Gasteiger charge is -2.12. The molecule has 2 aromatic carbocycles. The Bertz CT molecular complexity index is 1340. The van der Waals surface area contributed by atoms with Gasteiger partial charge in [-0.1, -0.05) is 40.6 Å². The van der Waals surface area contributed by atoms with Crippen molar-refractivity contribution in [3.05, 3.63) is 60.8 Å². The molecule has 0 spiro atoms. The normalized spacial score (nSPS) is 11.8. The summed E-state index contributed by atoms with van der Waals surface area (Å²) < 4.78 is 17.8. The van der Waals surface area contributed by atoms with Crippen LogP contribution in [-0.2, 0) is 0 Å². The number of methoxy groups -OCH3 is 3. The van der Waals surface area contributed by atoms with Crippen LogP contribution in [0, 0.1) is 0 Å². The molecule has 0 aliphatic carbocycles. The highest BCUT2D eigenvalue weighted by atomic mass is 35.5.